The molecular formula is C63H100O5. The van der Waals surface area contributed by atoms with E-state index >= 15 is 0 Å². The first-order valence-electron chi connectivity index (χ1n) is 27.4. The van der Waals surface area contributed by atoms with Gasteiger partial charge in [-0.2, -0.15) is 0 Å². The molecule has 0 fully saturated rings. The Morgan fingerprint density at radius 3 is 1.01 bits per heavy atom. The lowest BCUT2D eigenvalue weighted by Gasteiger charge is -2.18. The summed E-state index contributed by atoms with van der Waals surface area (Å²) < 4.78 is 17.4. The van der Waals surface area contributed by atoms with Gasteiger partial charge in [-0.3, -0.25) is 9.59 Å². The van der Waals surface area contributed by atoms with Crippen LogP contribution in [-0.2, 0) is 23.8 Å². The van der Waals surface area contributed by atoms with Crippen LogP contribution in [0.15, 0.2) is 146 Å². The minimum absolute atomic E-state index is 0.0425. The number of hydrogen-bond acceptors (Lipinski definition) is 5. The van der Waals surface area contributed by atoms with Crippen LogP contribution in [0.1, 0.15) is 213 Å². The molecule has 1 unspecified atom stereocenters. The molecule has 0 aromatic heterocycles. The van der Waals surface area contributed by atoms with E-state index in [1.54, 1.807) is 0 Å². The molecule has 1 atom stereocenters. The Labute approximate surface area is 419 Å². The van der Waals surface area contributed by atoms with Crippen molar-refractivity contribution in [3.05, 3.63) is 146 Å². The summed E-state index contributed by atoms with van der Waals surface area (Å²) in [5, 5.41) is 0. The molecule has 0 bridgehead atoms. The van der Waals surface area contributed by atoms with Crippen molar-refractivity contribution in [2.24, 2.45) is 0 Å². The minimum atomic E-state index is -0.588. The summed E-state index contributed by atoms with van der Waals surface area (Å²) in [5.74, 6) is -0.482. The van der Waals surface area contributed by atoms with E-state index < -0.39 is 6.10 Å². The number of esters is 2. The first kappa shape index (κ1) is 63.8. The van der Waals surface area contributed by atoms with E-state index in [-0.39, 0.29) is 25.2 Å². The molecule has 68 heavy (non-hydrogen) atoms. The fraction of sp³-hybridized carbons (Fsp3) is 0.587. The number of carbonyl (C=O) groups is 2. The standard InChI is InChI=1S/C63H100O5/c1-4-7-10-13-16-19-22-25-28-30-31-32-34-37-40-43-46-49-52-55-58-66-59-61(68-63(65)57-54-51-48-45-42-39-35-27-24-21-18-15-12-9-6-3)60-67-62(64)56-53-50-47-44-41-38-36-33-29-26-23-20-17-14-11-8-5-2/h7-12,16-21,25-29,31-32,35,37,40,42,45,61H,4-6,13-15,22-24,30,33-34,36,38-39,41,43-44,46-60H2,1-3H3/b10-7-,11-8-,12-9-,19-16-,20-17-,21-18-,28-25-,29-26-,32-31-,35-27-,40-37-,45-42-. The fourth-order valence-electron chi connectivity index (χ4n) is 6.89. The fourth-order valence-corrected chi connectivity index (χ4v) is 6.89. The van der Waals surface area contributed by atoms with Gasteiger partial charge >= 0.3 is 11.9 Å². The van der Waals surface area contributed by atoms with Crippen LogP contribution < -0.4 is 0 Å². The molecule has 0 radical (unpaired) electrons. The second-order valence-electron chi connectivity index (χ2n) is 17.3. The first-order chi connectivity index (χ1) is 33.6. The zero-order chi connectivity index (χ0) is 49.2. The molecule has 0 heterocycles. The van der Waals surface area contributed by atoms with Crippen molar-refractivity contribution in [3.63, 3.8) is 0 Å². The normalized spacial score (nSPS) is 13.4. The Bertz CT molecular complexity index is 1480. The maximum Gasteiger partial charge on any atom is 0.306 e. The lowest BCUT2D eigenvalue weighted by molar-refractivity contribution is -0.163. The third-order valence-corrected chi connectivity index (χ3v) is 10.9. The molecule has 0 saturated heterocycles. The molecule has 0 aromatic carbocycles. The van der Waals surface area contributed by atoms with Crippen LogP contribution in [0.25, 0.3) is 0 Å². The highest BCUT2D eigenvalue weighted by atomic mass is 16.6. The second kappa shape index (κ2) is 57.1. The minimum Gasteiger partial charge on any atom is -0.462 e. The summed E-state index contributed by atoms with van der Waals surface area (Å²) >= 11 is 0. The molecule has 382 valence electrons. The largest absolute Gasteiger partial charge is 0.462 e. The molecule has 0 spiro atoms. The third kappa shape index (κ3) is 54.4. The highest BCUT2D eigenvalue weighted by Crippen LogP contribution is 2.12. The average molecular weight is 937 g/mol. The Balaban J connectivity index is 4.44. The third-order valence-electron chi connectivity index (χ3n) is 10.9. The molecule has 0 saturated carbocycles. The van der Waals surface area contributed by atoms with Gasteiger partial charge in [0.1, 0.15) is 6.61 Å². The predicted molar refractivity (Wildman–Crippen MR) is 297 cm³/mol. The highest BCUT2D eigenvalue weighted by Gasteiger charge is 2.17. The van der Waals surface area contributed by atoms with E-state index in [2.05, 4.69) is 167 Å². The molecule has 0 amide bonds. The molecule has 0 aliphatic heterocycles. The number of rotatable bonds is 48. The number of unbranched alkanes of at least 4 members (excludes halogenated alkanes) is 13. The van der Waals surface area contributed by atoms with Gasteiger partial charge in [-0.25, -0.2) is 0 Å². The van der Waals surface area contributed by atoms with E-state index in [0.717, 1.165) is 154 Å². The van der Waals surface area contributed by atoms with Gasteiger partial charge < -0.3 is 14.2 Å². The van der Waals surface area contributed by atoms with Gasteiger partial charge in [0, 0.05) is 19.4 Å². The number of allylic oxidation sites excluding steroid dienone is 24. The van der Waals surface area contributed by atoms with E-state index in [1.807, 2.05) is 0 Å². The van der Waals surface area contributed by atoms with Crippen molar-refractivity contribution >= 4 is 11.9 Å². The number of hydrogen-bond donors (Lipinski definition) is 0. The Hall–Kier alpha value is -4.22. The highest BCUT2D eigenvalue weighted by molar-refractivity contribution is 5.70. The van der Waals surface area contributed by atoms with Crippen molar-refractivity contribution in [2.45, 2.75) is 219 Å². The molecule has 0 aromatic rings. The van der Waals surface area contributed by atoms with Crippen molar-refractivity contribution in [1.29, 1.82) is 0 Å². The topological polar surface area (TPSA) is 61.8 Å². The van der Waals surface area contributed by atoms with Crippen LogP contribution >= 0.6 is 0 Å². The van der Waals surface area contributed by atoms with E-state index in [0.29, 0.717) is 19.4 Å². The van der Waals surface area contributed by atoms with Gasteiger partial charge in [0.25, 0.3) is 0 Å². The maximum absolute atomic E-state index is 12.8. The Morgan fingerprint density at radius 2 is 0.618 bits per heavy atom. The summed E-state index contributed by atoms with van der Waals surface area (Å²) in [6.45, 7) is 7.36. The zero-order valence-corrected chi connectivity index (χ0v) is 43.8. The van der Waals surface area contributed by atoms with Gasteiger partial charge in [-0.1, -0.05) is 212 Å². The molecular weight excluding hydrogens is 837 g/mol. The lowest BCUT2D eigenvalue weighted by atomic mass is 10.1. The first-order valence-corrected chi connectivity index (χ1v) is 27.4. The van der Waals surface area contributed by atoms with Crippen molar-refractivity contribution in [1.82, 2.24) is 0 Å². The molecule has 5 nitrogen and oxygen atoms in total. The van der Waals surface area contributed by atoms with Crippen molar-refractivity contribution in [2.75, 3.05) is 19.8 Å². The van der Waals surface area contributed by atoms with Gasteiger partial charge in [-0.05, 0) is 135 Å². The van der Waals surface area contributed by atoms with Crippen LogP contribution in [0.4, 0.5) is 0 Å². The smallest absolute Gasteiger partial charge is 0.306 e. The van der Waals surface area contributed by atoms with Crippen LogP contribution in [0.5, 0.6) is 0 Å². The molecule has 0 aliphatic carbocycles. The van der Waals surface area contributed by atoms with E-state index in [1.165, 1.54) is 25.7 Å². The van der Waals surface area contributed by atoms with Gasteiger partial charge in [0.2, 0.25) is 0 Å². The van der Waals surface area contributed by atoms with Crippen LogP contribution in [-0.4, -0.2) is 37.9 Å². The number of carbonyl (C=O) groups excluding carboxylic acids is 2. The monoisotopic (exact) mass is 937 g/mol. The summed E-state index contributed by atoms with van der Waals surface area (Å²) in [4.78, 5) is 25.5. The van der Waals surface area contributed by atoms with Gasteiger partial charge in [0.15, 0.2) is 6.10 Å². The van der Waals surface area contributed by atoms with Gasteiger partial charge in [-0.15, -0.1) is 0 Å². The van der Waals surface area contributed by atoms with Crippen molar-refractivity contribution < 1.29 is 23.8 Å². The average Bonchev–Trinajstić information content (AvgIpc) is 3.34. The SMILES string of the molecule is CC/C=C\C/C=C\C/C=C\C/C=C\C/C=C\CCCCCCOCC(COC(=O)CCCCCCCCC/C=C\C/C=C\C/C=C\CC)OC(=O)CCCC/C=C\C/C=C\C/C=C\C/C=C\CC. The summed E-state index contributed by atoms with van der Waals surface area (Å²) in [5.41, 5.74) is 0. The summed E-state index contributed by atoms with van der Waals surface area (Å²) in [6, 6.07) is 0. The number of ether oxygens (including phenoxy) is 3. The maximum atomic E-state index is 12.8. The second-order valence-corrected chi connectivity index (χ2v) is 17.3. The van der Waals surface area contributed by atoms with Crippen molar-refractivity contribution in [3.8, 4) is 0 Å². The van der Waals surface area contributed by atoms with Crippen LogP contribution in [0.2, 0.25) is 0 Å². The molecule has 0 rings (SSSR count). The molecule has 5 heteroatoms. The Kier molecular flexibility index (Phi) is 53.6. The molecule has 0 aliphatic rings. The van der Waals surface area contributed by atoms with Gasteiger partial charge in [0.05, 0.1) is 6.61 Å². The van der Waals surface area contributed by atoms with E-state index in [4.69, 9.17) is 14.2 Å². The predicted octanol–water partition coefficient (Wildman–Crippen LogP) is 18.9. The summed E-state index contributed by atoms with van der Waals surface area (Å²) in [6.07, 6.45) is 82.9. The van der Waals surface area contributed by atoms with Crippen LogP contribution in [0.3, 0.4) is 0 Å². The molecule has 0 N–H and O–H groups in total. The lowest BCUT2D eigenvalue weighted by Crippen LogP contribution is -2.30. The Morgan fingerprint density at radius 1 is 0.324 bits per heavy atom. The summed E-state index contributed by atoms with van der Waals surface area (Å²) in [7, 11) is 0. The quantitative estimate of drug-likeness (QED) is 0.0346. The van der Waals surface area contributed by atoms with E-state index in [9.17, 15) is 9.59 Å². The van der Waals surface area contributed by atoms with Crippen LogP contribution in [0, 0.1) is 0 Å². The zero-order valence-electron chi connectivity index (χ0n) is 43.8.